The summed E-state index contributed by atoms with van der Waals surface area (Å²) in [7, 11) is -3.14. The van der Waals surface area contributed by atoms with Gasteiger partial charge in [0.05, 0.1) is 12.7 Å². The first-order valence-corrected chi connectivity index (χ1v) is 20.5. The van der Waals surface area contributed by atoms with Crippen molar-refractivity contribution in [3.63, 3.8) is 0 Å². The molecule has 4 fully saturated rings. The second kappa shape index (κ2) is 8.54. The fourth-order valence-electron chi connectivity index (χ4n) is 8.97. The van der Waals surface area contributed by atoms with Crippen LogP contribution in [0.15, 0.2) is 0 Å². The molecule has 0 amide bonds. The first-order chi connectivity index (χ1) is 14.3. The van der Waals surface area contributed by atoms with Crippen LogP contribution in [0, 0.1) is 40.4 Å². The molecule has 0 bridgehead atoms. The van der Waals surface area contributed by atoms with Crippen LogP contribution in [0.4, 0.5) is 0 Å². The molecular weight excluding hydrogens is 412 g/mol. The van der Waals surface area contributed by atoms with Gasteiger partial charge in [-0.05, 0) is 131 Å². The molecule has 31 heavy (non-hydrogen) atoms. The Labute approximate surface area is 195 Å². The summed E-state index contributed by atoms with van der Waals surface area (Å²) in [5.74, 6) is 4.62. The van der Waals surface area contributed by atoms with Crippen molar-refractivity contribution in [2.75, 3.05) is 6.61 Å². The van der Waals surface area contributed by atoms with Gasteiger partial charge in [0, 0.05) is 0 Å². The van der Waals surface area contributed by atoms with Gasteiger partial charge in [-0.3, -0.25) is 0 Å². The second-order valence-corrected chi connectivity index (χ2v) is 23.3. The lowest BCUT2D eigenvalue weighted by Crippen LogP contribution is -2.54. The average molecular weight is 465 g/mol. The number of fused-ring (bicyclic) bond motifs is 5. The van der Waals surface area contributed by atoms with Crippen molar-refractivity contribution < 1.29 is 8.85 Å². The molecule has 4 aliphatic rings. The maximum atomic E-state index is 6.91. The van der Waals surface area contributed by atoms with Gasteiger partial charge in [-0.25, -0.2) is 0 Å². The molecule has 180 valence electrons. The fourth-order valence-corrected chi connectivity index (χ4v) is 10.8. The quantitative estimate of drug-likeness (QED) is 0.369. The molecule has 4 unspecified atom stereocenters. The number of rotatable bonds is 6. The van der Waals surface area contributed by atoms with Crippen LogP contribution in [-0.4, -0.2) is 29.3 Å². The van der Waals surface area contributed by atoms with Gasteiger partial charge in [-0.1, -0.05) is 26.7 Å². The molecule has 0 aromatic heterocycles. The Morgan fingerprint density at radius 1 is 0.742 bits per heavy atom. The maximum absolute atomic E-state index is 6.91. The van der Waals surface area contributed by atoms with Gasteiger partial charge in [0.1, 0.15) is 0 Å². The van der Waals surface area contributed by atoms with Crippen molar-refractivity contribution in [1.29, 1.82) is 0 Å². The zero-order chi connectivity index (χ0) is 22.7. The Morgan fingerprint density at radius 2 is 1.45 bits per heavy atom. The van der Waals surface area contributed by atoms with Crippen LogP contribution in [0.1, 0.15) is 78.1 Å². The third-order valence-corrected chi connectivity index (χ3v) is 12.3. The van der Waals surface area contributed by atoms with Gasteiger partial charge < -0.3 is 8.85 Å². The van der Waals surface area contributed by atoms with E-state index >= 15 is 0 Å². The van der Waals surface area contributed by atoms with E-state index in [2.05, 4.69) is 53.1 Å². The topological polar surface area (TPSA) is 18.5 Å². The molecule has 2 nitrogen and oxygen atoms in total. The van der Waals surface area contributed by atoms with Gasteiger partial charge in [-0.15, -0.1) is 0 Å². The number of hydrogen-bond donors (Lipinski definition) is 0. The largest absolute Gasteiger partial charge is 0.415 e. The summed E-state index contributed by atoms with van der Waals surface area (Å²) in [5.41, 5.74) is 1.11. The summed E-state index contributed by atoms with van der Waals surface area (Å²) >= 11 is 0. The molecule has 4 saturated carbocycles. The third-order valence-electron chi connectivity index (χ3n) is 10.3. The standard InChI is InChI=1S/C27H52O2Si2/c1-26-17-10-9-11-20(26)12-13-21-22-14-15-24(27(22,2)18-16-23(21)26)25(29-31(6,7)8)19-28-30(3,4)5/h20-25H,9-19H2,1-8H3/t20-,21?,22?,23?,24?,25-,26+,27+/m0/s1. The van der Waals surface area contributed by atoms with Gasteiger partial charge in [0.2, 0.25) is 0 Å². The summed E-state index contributed by atoms with van der Waals surface area (Å²) in [5, 5.41) is 0. The molecule has 4 aliphatic carbocycles. The van der Waals surface area contributed by atoms with Crippen molar-refractivity contribution in [1.82, 2.24) is 0 Å². The highest BCUT2D eigenvalue weighted by atomic mass is 28.4. The van der Waals surface area contributed by atoms with Crippen molar-refractivity contribution in [3.8, 4) is 0 Å². The predicted octanol–water partition coefficient (Wildman–Crippen LogP) is 8.11. The normalized spacial score (nSPS) is 44.3. The molecule has 4 rings (SSSR count). The molecule has 8 atom stereocenters. The lowest BCUT2D eigenvalue weighted by Gasteiger charge is -2.61. The maximum Gasteiger partial charge on any atom is 0.184 e. The summed E-state index contributed by atoms with van der Waals surface area (Å²) in [6.45, 7) is 20.3. The molecule has 0 heterocycles. The monoisotopic (exact) mass is 464 g/mol. The molecular formula is C27H52O2Si2. The second-order valence-electron chi connectivity index (χ2n) is 14.3. The smallest absolute Gasteiger partial charge is 0.184 e. The van der Waals surface area contributed by atoms with E-state index in [9.17, 15) is 0 Å². The highest BCUT2D eigenvalue weighted by Gasteiger charge is 2.60. The first kappa shape index (κ1) is 24.5. The van der Waals surface area contributed by atoms with Crippen molar-refractivity contribution in [2.24, 2.45) is 40.4 Å². The molecule has 0 radical (unpaired) electrons. The van der Waals surface area contributed by atoms with Crippen molar-refractivity contribution in [3.05, 3.63) is 0 Å². The van der Waals surface area contributed by atoms with Gasteiger partial charge in [0.25, 0.3) is 0 Å². The molecule has 0 aromatic rings. The molecule has 0 N–H and O–H groups in total. The van der Waals surface area contributed by atoms with Crippen LogP contribution in [0.25, 0.3) is 0 Å². The summed E-state index contributed by atoms with van der Waals surface area (Å²) in [6, 6.07) is 0. The predicted molar refractivity (Wildman–Crippen MR) is 137 cm³/mol. The molecule has 4 heteroatoms. The van der Waals surface area contributed by atoms with Crippen molar-refractivity contribution >= 4 is 16.6 Å². The Kier molecular flexibility index (Phi) is 6.74. The Balaban J connectivity index is 1.55. The highest BCUT2D eigenvalue weighted by molar-refractivity contribution is 6.70. The van der Waals surface area contributed by atoms with Gasteiger partial charge in [0.15, 0.2) is 16.6 Å². The van der Waals surface area contributed by atoms with Crippen molar-refractivity contribution in [2.45, 2.75) is 123 Å². The first-order valence-electron chi connectivity index (χ1n) is 13.7. The average Bonchev–Trinajstić information content (AvgIpc) is 3.00. The summed E-state index contributed by atoms with van der Waals surface area (Å²) in [6.07, 6.45) is 15.1. The summed E-state index contributed by atoms with van der Waals surface area (Å²) < 4.78 is 13.4. The van der Waals surface area contributed by atoms with E-state index in [0.717, 1.165) is 30.3 Å². The van der Waals surface area contributed by atoms with Crippen LogP contribution < -0.4 is 0 Å². The van der Waals surface area contributed by atoms with Crippen LogP contribution in [0.2, 0.25) is 39.3 Å². The molecule has 0 aliphatic heterocycles. The van der Waals surface area contributed by atoms with Crippen LogP contribution in [0.5, 0.6) is 0 Å². The van der Waals surface area contributed by atoms with Crippen LogP contribution in [-0.2, 0) is 8.85 Å². The van der Waals surface area contributed by atoms with Gasteiger partial charge >= 0.3 is 0 Å². The van der Waals surface area contributed by atoms with Crippen LogP contribution >= 0.6 is 0 Å². The van der Waals surface area contributed by atoms with Crippen LogP contribution in [0.3, 0.4) is 0 Å². The SMILES string of the molecule is C[C@@]12CCC3C(CC[C@@H]4CCCC[C@@]34C)C1CCC2[C@H](CO[Si](C)(C)C)O[Si](C)(C)C. The lowest BCUT2D eigenvalue weighted by atomic mass is 9.45. The molecule has 0 saturated heterocycles. The zero-order valence-electron chi connectivity index (χ0n) is 22.1. The Bertz CT molecular complexity index is 638. The zero-order valence-corrected chi connectivity index (χ0v) is 24.1. The third kappa shape index (κ3) is 4.79. The van der Waals surface area contributed by atoms with E-state index in [-0.39, 0.29) is 0 Å². The Hall–Kier alpha value is 0.354. The summed E-state index contributed by atoms with van der Waals surface area (Å²) in [4.78, 5) is 0. The minimum Gasteiger partial charge on any atom is -0.415 e. The minimum atomic E-state index is -1.61. The van der Waals surface area contributed by atoms with E-state index in [1.807, 2.05) is 0 Å². The lowest BCUT2D eigenvalue weighted by molar-refractivity contribution is -0.120. The van der Waals surface area contributed by atoms with E-state index < -0.39 is 16.6 Å². The minimum absolute atomic E-state index is 0.312. The fraction of sp³-hybridized carbons (Fsp3) is 1.00. The molecule has 0 aromatic carbocycles. The van der Waals surface area contributed by atoms with E-state index in [1.54, 1.807) is 0 Å². The van der Waals surface area contributed by atoms with E-state index in [1.165, 1.54) is 64.2 Å². The van der Waals surface area contributed by atoms with Gasteiger partial charge in [-0.2, -0.15) is 0 Å². The Morgan fingerprint density at radius 3 is 2.13 bits per heavy atom. The number of hydrogen-bond acceptors (Lipinski definition) is 2. The highest BCUT2D eigenvalue weighted by Crippen LogP contribution is 2.68. The van der Waals surface area contributed by atoms with E-state index in [0.29, 0.717) is 22.9 Å². The molecule has 0 spiro atoms. The van der Waals surface area contributed by atoms with E-state index in [4.69, 9.17) is 8.85 Å².